The summed E-state index contributed by atoms with van der Waals surface area (Å²) in [6, 6.07) is 19.6. The van der Waals surface area contributed by atoms with E-state index in [4.69, 9.17) is 4.74 Å². The molecule has 2 aromatic carbocycles. The lowest BCUT2D eigenvalue weighted by molar-refractivity contribution is 0.170. The van der Waals surface area contributed by atoms with Crippen LogP contribution in [0.5, 0.6) is 5.75 Å². The van der Waals surface area contributed by atoms with Gasteiger partial charge in [0.05, 0.1) is 0 Å². The van der Waals surface area contributed by atoms with Crippen molar-refractivity contribution in [3.05, 3.63) is 60.2 Å². The first-order chi connectivity index (χ1) is 9.83. The number of benzene rings is 2. The van der Waals surface area contributed by atoms with Crippen LogP contribution >= 0.6 is 0 Å². The molecule has 1 aliphatic rings. The minimum absolute atomic E-state index is 0.333. The Morgan fingerprint density at radius 3 is 2.60 bits per heavy atom. The summed E-state index contributed by atoms with van der Waals surface area (Å²) >= 11 is 0. The molecule has 0 saturated carbocycles. The summed E-state index contributed by atoms with van der Waals surface area (Å²) in [5.74, 6) is 1.03. The Bertz CT molecular complexity index is 544. The highest BCUT2D eigenvalue weighted by atomic mass is 16.5. The summed E-state index contributed by atoms with van der Waals surface area (Å²) < 4.78 is 6.14. The van der Waals surface area contributed by atoms with E-state index in [0.29, 0.717) is 6.10 Å². The molecule has 1 saturated heterocycles. The van der Waals surface area contributed by atoms with Gasteiger partial charge in [0, 0.05) is 31.6 Å². The van der Waals surface area contributed by atoms with Crippen molar-refractivity contribution in [3.63, 3.8) is 0 Å². The lowest BCUT2D eigenvalue weighted by atomic mass is 10.1. The van der Waals surface area contributed by atoms with Crippen molar-refractivity contribution in [2.45, 2.75) is 25.9 Å². The summed E-state index contributed by atoms with van der Waals surface area (Å²) in [7, 11) is 0. The van der Waals surface area contributed by atoms with Gasteiger partial charge in [0.25, 0.3) is 0 Å². The molecule has 103 valence electrons. The fraction of sp³-hybridized carbons (Fsp3) is 0.333. The van der Waals surface area contributed by atoms with Crippen LogP contribution < -0.4 is 9.64 Å². The van der Waals surface area contributed by atoms with Gasteiger partial charge >= 0.3 is 0 Å². The maximum absolute atomic E-state index is 6.14. The molecule has 0 spiro atoms. The molecule has 0 unspecified atom stereocenters. The molecule has 2 aromatic rings. The molecule has 0 atom stereocenters. The standard InChI is InChI=1S/C18H20NO/c1-15-7-5-6-10-18(15)20-17-11-13-19(14-12-17)16-8-3-2-4-9-16/h2-3,5-10,17H,11-14H2,1H3. The first-order valence-electron chi connectivity index (χ1n) is 7.26. The first-order valence-corrected chi connectivity index (χ1v) is 7.26. The summed E-state index contributed by atoms with van der Waals surface area (Å²) in [6.45, 7) is 4.20. The maximum atomic E-state index is 6.14. The number of aryl methyl sites for hydroxylation is 1. The second-order valence-electron chi connectivity index (χ2n) is 5.33. The van der Waals surface area contributed by atoms with E-state index in [2.05, 4.69) is 48.2 Å². The summed E-state index contributed by atoms with van der Waals surface area (Å²) in [6.07, 6.45) is 2.48. The highest BCUT2D eigenvalue weighted by Gasteiger charge is 2.20. The Morgan fingerprint density at radius 1 is 1.10 bits per heavy atom. The van der Waals surface area contributed by atoms with E-state index in [0.717, 1.165) is 31.7 Å². The van der Waals surface area contributed by atoms with Crippen LogP contribution in [0.4, 0.5) is 5.69 Å². The first kappa shape index (κ1) is 13.0. The molecule has 0 bridgehead atoms. The van der Waals surface area contributed by atoms with E-state index in [1.54, 1.807) is 0 Å². The molecule has 2 heteroatoms. The van der Waals surface area contributed by atoms with Gasteiger partial charge in [-0.2, -0.15) is 0 Å². The second kappa shape index (κ2) is 6.00. The molecule has 2 nitrogen and oxygen atoms in total. The third-order valence-electron chi connectivity index (χ3n) is 3.89. The highest BCUT2D eigenvalue weighted by Crippen LogP contribution is 2.24. The van der Waals surface area contributed by atoms with Crippen LogP contribution in [0.15, 0.2) is 48.5 Å². The van der Waals surface area contributed by atoms with Crippen molar-refractivity contribution < 1.29 is 4.74 Å². The SMILES string of the molecule is Cc1ccccc1OC1CCN(c2c[c]ccc2)CC1. The van der Waals surface area contributed by atoms with Crippen molar-refractivity contribution in [3.8, 4) is 5.75 Å². The number of anilines is 1. The second-order valence-corrected chi connectivity index (χ2v) is 5.33. The quantitative estimate of drug-likeness (QED) is 0.837. The number of nitrogens with zero attached hydrogens (tertiary/aromatic N) is 1. The normalized spacial score (nSPS) is 16.1. The molecular weight excluding hydrogens is 246 g/mol. The van der Waals surface area contributed by atoms with Gasteiger partial charge in [-0.3, -0.25) is 0 Å². The van der Waals surface area contributed by atoms with E-state index < -0.39 is 0 Å². The van der Waals surface area contributed by atoms with Crippen molar-refractivity contribution in [2.24, 2.45) is 0 Å². The highest BCUT2D eigenvalue weighted by molar-refractivity contribution is 5.46. The van der Waals surface area contributed by atoms with Crippen molar-refractivity contribution in [2.75, 3.05) is 18.0 Å². The molecular formula is C18H20NO. The van der Waals surface area contributed by atoms with Crippen LogP contribution in [0.2, 0.25) is 0 Å². The number of ether oxygens (including phenoxy) is 1. The lowest BCUT2D eigenvalue weighted by Crippen LogP contribution is -2.38. The monoisotopic (exact) mass is 266 g/mol. The van der Waals surface area contributed by atoms with Crippen molar-refractivity contribution in [1.82, 2.24) is 0 Å². The van der Waals surface area contributed by atoms with Gasteiger partial charge in [-0.15, -0.1) is 0 Å². The van der Waals surface area contributed by atoms with Gasteiger partial charge in [-0.1, -0.05) is 30.3 Å². The van der Waals surface area contributed by atoms with Crippen LogP contribution in [-0.4, -0.2) is 19.2 Å². The molecule has 1 aliphatic heterocycles. The summed E-state index contributed by atoms with van der Waals surface area (Å²) in [4.78, 5) is 2.41. The molecule has 0 aliphatic carbocycles. The van der Waals surface area contributed by atoms with Gasteiger partial charge in [0.1, 0.15) is 11.9 Å². The zero-order chi connectivity index (χ0) is 13.8. The Balaban J connectivity index is 1.58. The van der Waals surface area contributed by atoms with Gasteiger partial charge < -0.3 is 9.64 Å². The van der Waals surface area contributed by atoms with Crippen molar-refractivity contribution in [1.29, 1.82) is 0 Å². The Morgan fingerprint density at radius 2 is 1.90 bits per heavy atom. The Kier molecular flexibility index (Phi) is 3.91. The molecule has 0 N–H and O–H groups in total. The van der Waals surface area contributed by atoms with Gasteiger partial charge in [-0.05, 0) is 36.8 Å². The maximum Gasteiger partial charge on any atom is 0.122 e. The fourth-order valence-electron chi connectivity index (χ4n) is 2.68. The molecule has 20 heavy (non-hydrogen) atoms. The third kappa shape index (κ3) is 2.96. The van der Waals surface area contributed by atoms with E-state index in [1.807, 2.05) is 18.2 Å². The lowest BCUT2D eigenvalue weighted by Gasteiger charge is -2.34. The zero-order valence-corrected chi connectivity index (χ0v) is 11.9. The largest absolute Gasteiger partial charge is 0.490 e. The minimum atomic E-state index is 0.333. The predicted octanol–water partition coefficient (Wildman–Crippen LogP) is 3.84. The number of hydrogen-bond acceptors (Lipinski definition) is 2. The van der Waals surface area contributed by atoms with Crippen LogP contribution in [-0.2, 0) is 0 Å². The topological polar surface area (TPSA) is 12.5 Å². The van der Waals surface area contributed by atoms with E-state index in [-0.39, 0.29) is 0 Å². The number of rotatable bonds is 3. The van der Waals surface area contributed by atoms with Crippen molar-refractivity contribution >= 4 is 5.69 Å². The van der Waals surface area contributed by atoms with E-state index >= 15 is 0 Å². The molecule has 0 aromatic heterocycles. The van der Waals surface area contributed by atoms with Crippen LogP contribution in [0.3, 0.4) is 0 Å². The van der Waals surface area contributed by atoms with Gasteiger partial charge in [0.2, 0.25) is 0 Å². The van der Waals surface area contributed by atoms with E-state index in [9.17, 15) is 0 Å². The molecule has 1 fully saturated rings. The fourth-order valence-corrected chi connectivity index (χ4v) is 2.68. The molecule has 0 amide bonds. The zero-order valence-electron chi connectivity index (χ0n) is 11.9. The number of para-hydroxylation sites is 1. The summed E-state index contributed by atoms with van der Waals surface area (Å²) in [5.41, 5.74) is 2.48. The van der Waals surface area contributed by atoms with Crippen LogP contribution in [0.1, 0.15) is 18.4 Å². The molecule has 3 rings (SSSR count). The van der Waals surface area contributed by atoms with Gasteiger partial charge in [-0.25, -0.2) is 0 Å². The number of hydrogen-bond donors (Lipinski definition) is 0. The third-order valence-corrected chi connectivity index (χ3v) is 3.89. The Labute approximate surface area is 121 Å². The van der Waals surface area contributed by atoms with Crippen LogP contribution in [0, 0.1) is 13.0 Å². The van der Waals surface area contributed by atoms with Gasteiger partial charge in [0.15, 0.2) is 0 Å². The minimum Gasteiger partial charge on any atom is -0.490 e. The summed E-state index contributed by atoms with van der Waals surface area (Å²) in [5, 5.41) is 0. The number of piperidine rings is 1. The van der Waals surface area contributed by atoms with E-state index in [1.165, 1.54) is 11.3 Å². The Hall–Kier alpha value is -1.96. The molecule has 1 radical (unpaired) electrons. The average molecular weight is 266 g/mol. The van der Waals surface area contributed by atoms with Crippen LogP contribution in [0.25, 0.3) is 0 Å². The smallest absolute Gasteiger partial charge is 0.122 e. The predicted molar refractivity (Wildman–Crippen MR) is 82.3 cm³/mol. The average Bonchev–Trinajstić information content (AvgIpc) is 2.51. The molecule has 1 heterocycles.